The van der Waals surface area contributed by atoms with Crippen molar-refractivity contribution >= 4 is 40.6 Å². The van der Waals surface area contributed by atoms with Gasteiger partial charge in [-0.2, -0.15) is 13.2 Å². The van der Waals surface area contributed by atoms with E-state index in [9.17, 15) is 27.6 Å². The number of morpholine rings is 3. The third-order valence-corrected chi connectivity index (χ3v) is 12.4. The zero-order valence-electron chi connectivity index (χ0n) is 40.6. The number of pyridine rings is 2. The molecule has 0 bridgehead atoms. The summed E-state index contributed by atoms with van der Waals surface area (Å²) in [4.78, 5) is 46.7. The van der Waals surface area contributed by atoms with Gasteiger partial charge in [0.15, 0.2) is 0 Å². The molecule has 6 aromatic rings. The lowest BCUT2D eigenvalue weighted by atomic mass is 10.1. The number of hydrogen-bond donors (Lipinski definition) is 6. The number of carbonyl (C=O) groups is 3. The number of benzene rings is 4. The summed E-state index contributed by atoms with van der Waals surface area (Å²) < 4.78 is 55.1. The standard InChI is InChI=1S/C20H24N4O2.C18H20N2O2.C17H16F3N3O2/c25-20(16-5-8-19(22-13-16)24-10-1-2-11-24)23-17-6-3-15(4-7-17)18-14-21-9-12-26-18;1-13-3-2-4-15(11-13)18(21)20-16-7-5-14(6-8-16)17-12-19-9-10-22-17;18-17(19,20)15-9-12(5-6-22-15)16(24)23-13-3-1-11(2-4-13)14-10-21-7-8-25-14/h3-8,13,18,21H,1-2,9-12,14H2,(H,23,25);2-8,11,17,19H,9-10,12H2,1H3,(H,20,21);1-6,9,14,21H,7-8,10H2,(H,23,24). The molecule has 10 rings (SSSR count). The van der Waals surface area contributed by atoms with Gasteiger partial charge in [-0.1, -0.05) is 54.1 Å². The average molecular weight is 1000 g/mol. The Kier molecular flexibility index (Phi) is 18.3. The first kappa shape index (κ1) is 52.3. The highest BCUT2D eigenvalue weighted by Gasteiger charge is 2.33. The number of carbonyl (C=O) groups excluding carboxylic acids is 3. The highest BCUT2D eigenvalue weighted by atomic mass is 19.4. The lowest BCUT2D eigenvalue weighted by molar-refractivity contribution is -0.141. The quantitative estimate of drug-likeness (QED) is 0.0772. The maximum Gasteiger partial charge on any atom is 0.433 e. The molecule has 3 amide bonds. The van der Waals surface area contributed by atoms with Crippen molar-refractivity contribution in [3.05, 3.63) is 178 Å². The SMILES string of the molecule is Cc1cccc(C(=O)Nc2ccc(C3CNCCO3)cc2)c1.O=C(Nc1ccc(C2CNCCO2)cc1)c1ccc(N2CCCC2)nc1.O=C(Nc1ccc(C2CNCCO2)cc1)c1ccnc(C(F)(F)F)c1. The summed E-state index contributed by atoms with van der Waals surface area (Å²) in [5, 5.41) is 18.3. The first-order valence-corrected chi connectivity index (χ1v) is 24.5. The number of aromatic nitrogens is 2. The maximum absolute atomic E-state index is 12.7. The van der Waals surface area contributed by atoms with Gasteiger partial charge < -0.3 is 51.0 Å². The van der Waals surface area contributed by atoms with Gasteiger partial charge in [0.1, 0.15) is 11.5 Å². The number of rotatable bonds is 10. The van der Waals surface area contributed by atoms with E-state index in [0.29, 0.717) is 30.0 Å². The Morgan fingerprint density at radius 2 is 1.01 bits per heavy atom. The van der Waals surface area contributed by atoms with Crippen LogP contribution >= 0.6 is 0 Å². The van der Waals surface area contributed by atoms with Gasteiger partial charge >= 0.3 is 6.18 Å². The third kappa shape index (κ3) is 15.2. The predicted octanol–water partition coefficient (Wildman–Crippen LogP) is 8.52. The van der Waals surface area contributed by atoms with Crippen molar-refractivity contribution in [2.75, 3.05) is 93.0 Å². The molecule has 18 heteroatoms. The van der Waals surface area contributed by atoms with Crippen molar-refractivity contribution in [2.24, 2.45) is 0 Å². The summed E-state index contributed by atoms with van der Waals surface area (Å²) in [6, 6.07) is 36.0. The molecule has 3 atom stereocenters. The predicted molar refractivity (Wildman–Crippen MR) is 274 cm³/mol. The number of alkyl halides is 3. The first-order valence-electron chi connectivity index (χ1n) is 24.5. The van der Waals surface area contributed by atoms with Gasteiger partial charge in [0.2, 0.25) is 0 Å². The Morgan fingerprint density at radius 3 is 1.41 bits per heavy atom. The van der Waals surface area contributed by atoms with E-state index in [1.807, 2.05) is 104 Å². The smallest absolute Gasteiger partial charge is 0.371 e. The van der Waals surface area contributed by atoms with E-state index in [-0.39, 0.29) is 35.7 Å². The Balaban J connectivity index is 0.000000147. The number of nitrogens with one attached hydrogen (secondary N) is 6. The van der Waals surface area contributed by atoms with Crippen molar-refractivity contribution in [2.45, 2.75) is 44.3 Å². The molecule has 4 fully saturated rings. The van der Waals surface area contributed by atoms with Crippen LogP contribution in [0.15, 0.2) is 134 Å². The Bertz CT molecular complexity index is 2720. The second-order valence-corrected chi connectivity index (χ2v) is 17.8. The van der Waals surface area contributed by atoms with Crippen LogP contribution in [0.4, 0.5) is 36.1 Å². The zero-order chi connectivity index (χ0) is 51.0. The van der Waals surface area contributed by atoms with Crippen molar-refractivity contribution in [3.63, 3.8) is 0 Å². The largest absolute Gasteiger partial charge is 0.433 e. The molecular weight excluding hydrogens is 940 g/mol. The molecule has 0 spiro atoms. The minimum absolute atomic E-state index is 0.0481. The Labute approximate surface area is 422 Å². The van der Waals surface area contributed by atoms with Crippen molar-refractivity contribution in [1.29, 1.82) is 0 Å². The van der Waals surface area contributed by atoms with E-state index in [0.717, 1.165) is 111 Å². The fraction of sp³-hybridized carbons (Fsp3) is 0.327. The molecule has 15 nitrogen and oxygen atoms in total. The van der Waals surface area contributed by atoms with Crippen molar-refractivity contribution < 1.29 is 41.8 Å². The van der Waals surface area contributed by atoms with Gasteiger partial charge in [-0.15, -0.1) is 0 Å². The molecule has 73 heavy (non-hydrogen) atoms. The molecular formula is C55H60F3N9O6. The van der Waals surface area contributed by atoms with Crippen LogP contribution in [0.2, 0.25) is 0 Å². The number of amides is 3. The summed E-state index contributed by atoms with van der Waals surface area (Å²) in [5.74, 6) is 0.0848. The Morgan fingerprint density at radius 1 is 0.562 bits per heavy atom. The number of halogens is 3. The van der Waals surface area contributed by atoms with Crippen LogP contribution < -0.4 is 36.8 Å². The molecule has 382 valence electrons. The maximum atomic E-state index is 12.7. The molecule has 0 saturated carbocycles. The first-order chi connectivity index (χ1) is 35.4. The Hall–Kier alpha value is -7.06. The van der Waals surface area contributed by atoms with Gasteiger partial charge in [0.25, 0.3) is 17.7 Å². The lowest BCUT2D eigenvalue weighted by Crippen LogP contribution is -2.33. The molecule has 3 unspecified atom stereocenters. The fourth-order valence-electron chi connectivity index (χ4n) is 8.46. The molecule has 4 aliphatic rings. The van der Waals surface area contributed by atoms with E-state index in [4.69, 9.17) is 14.2 Å². The molecule has 4 aliphatic heterocycles. The number of aryl methyl sites for hydroxylation is 1. The van der Waals surface area contributed by atoms with Gasteiger partial charge in [-0.25, -0.2) is 4.98 Å². The summed E-state index contributed by atoms with van der Waals surface area (Å²) in [5.41, 5.74) is 6.36. The van der Waals surface area contributed by atoms with Crippen LogP contribution in [0.1, 0.15) is 90.2 Å². The van der Waals surface area contributed by atoms with Gasteiger partial charge in [0, 0.05) is 92.9 Å². The topological polar surface area (TPSA) is 180 Å². The monoisotopic (exact) mass is 999 g/mol. The minimum atomic E-state index is -4.59. The van der Waals surface area contributed by atoms with Crippen molar-refractivity contribution in [3.8, 4) is 0 Å². The van der Waals surface area contributed by atoms with E-state index >= 15 is 0 Å². The fourth-order valence-corrected chi connectivity index (χ4v) is 8.46. The molecule has 0 radical (unpaired) electrons. The molecule has 0 aliphatic carbocycles. The molecule has 2 aromatic heterocycles. The van der Waals surface area contributed by atoms with Crippen LogP contribution in [0.3, 0.4) is 0 Å². The normalized spacial score (nSPS) is 18.7. The van der Waals surface area contributed by atoms with Gasteiger partial charge in [-0.05, 0) is 109 Å². The van der Waals surface area contributed by atoms with E-state index in [2.05, 4.69) is 46.8 Å². The summed E-state index contributed by atoms with van der Waals surface area (Å²) in [7, 11) is 0. The molecule has 4 saturated heterocycles. The number of nitrogens with zero attached hydrogens (tertiary/aromatic N) is 3. The van der Waals surface area contributed by atoms with Crippen molar-refractivity contribution in [1.82, 2.24) is 25.9 Å². The van der Waals surface area contributed by atoms with Crippen LogP contribution in [0.25, 0.3) is 0 Å². The highest BCUT2D eigenvalue weighted by molar-refractivity contribution is 6.05. The minimum Gasteiger partial charge on any atom is -0.371 e. The number of hydrogen-bond acceptors (Lipinski definition) is 12. The van der Waals surface area contributed by atoms with Crippen LogP contribution in [0, 0.1) is 6.92 Å². The third-order valence-electron chi connectivity index (χ3n) is 12.4. The van der Waals surface area contributed by atoms with Crippen LogP contribution in [-0.2, 0) is 20.4 Å². The summed E-state index contributed by atoms with van der Waals surface area (Å²) in [6.45, 7) is 11.1. The van der Waals surface area contributed by atoms with E-state index < -0.39 is 17.8 Å². The summed E-state index contributed by atoms with van der Waals surface area (Å²) in [6.07, 6.45) is 0.571. The van der Waals surface area contributed by atoms with Gasteiger partial charge in [0.05, 0.1) is 43.7 Å². The van der Waals surface area contributed by atoms with E-state index in [1.54, 1.807) is 18.3 Å². The number of anilines is 4. The molecule has 6 N–H and O–H groups in total. The van der Waals surface area contributed by atoms with Crippen LogP contribution in [0.5, 0.6) is 0 Å². The van der Waals surface area contributed by atoms with Gasteiger partial charge in [-0.3, -0.25) is 19.4 Å². The number of ether oxygens (including phenoxy) is 3. The molecule has 6 heterocycles. The lowest BCUT2D eigenvalue weighted by Gasteiger charge is -2.24. The summed E-state index contributed by atoms with van der Waals surface area (Å²) >= 11 is 0. The van der Waals surface area contributed by atoms with Crippen LogP contribution in [-0.4, -0.2) is 99.9 Å². The van der Waals surface area contributed by atoms with E-state index in [1.165, 1.54) is 18.9 Å². The second-order valence-electron chi connectivity index (χ2n) is 17.8. The zero-order valence-corrected chi connectivity index (χ0v) is 40.6. The average Bonchev–Trinajstić information content (AvgIpc) is 3.98. The molecule has 4 aromatic carbocycles. The second kappa shape index (κ2) is 25.5. The highest BCUT2D eigenvalue weighted by Crippen LogP contribution is 2.29.